The van der Waals surface area contributed by atoms with E-state index in [1.807, 2.05) is 80.6 Å². The van der Waals surface area contributed by atoms with Gasteiger partial charge < -0.3 is 9.47 Å². The molecule has 1 aliphatic rings. The summed E-state index contributed by atoms with van der Waals surface area (Å²) >= 11 is 0. The van der Waals surface area contributed by atoms with Gasteiger partial charge in [-0.2, -0.15) is 0 Å². The highest BCUT2D eigenvalue weighted by atomic mass is 16.6. The maximum absolute atomic E-state index is 12.2. The number of benzene rings is 3. The fraction of sp³-hybridized carbons (Fsp3) is 0.130. The van der Waals surface area contributed by atoms with E-state index in [4.69, 9.17) is 9.47 Å². The second kappa shape index (κ2) is 7.08. The van der Waals surface area contributed by atoms with Gasteiger partial charge in [0.1, 0.15) is 5.75 Å². The Balaban J connectivity index is 1.61. The zero-order valence-corrected chi connectivity index (χ0v) is 15.2. The second-order valence-corrected chi connectivity index (χ2v) is 6.63. The van der Waals surface area contributed by atoms with Crippen LogP contribution in [0.2, 0.25) is 0 Å². The predicted octanol–water partition coefficient (Wildman–Crippen LogP) is 4.97. The van der Waals surface area contributed by atoms with Crippen LogP contribution in [0.5, 0.6) is 5.75 Å². The number of hydrogen-bond donors (Lipinski definition) is 0. The van der Waals surface area contributed by atoms with Gasteiger partial charge in [0, 0.05) is 5.56 Å². The van der Waals surface area contributed by atoms with E-state index in [-0.39, 0.29) is 11.8 Å². The summed E-state index contributed by atoms with van der Waals surface area (Å²) in [6.45, 7) is 3.96. The fourth-order valence-corrected chi connectivity index (χ4v) is 2.93. The Hall–Kier alpha value is -3.40. The van der Waals surface area contributed by atoms with Crippen LogP contribution < -0.4 is 4.74 Å². The van der Waals surface area contributed by atoms with Crippen LogP contribution in [0.1, 0.15) is 25.0 Å². The summed E-state index contributed by atoms with van der Waals surface area (Å²) in [6, 6.07) is 21.5. The molecule has 3 aromatic carbocycles. The average Bonchev–Trinajstić information content (AvgIpc) is 3.03. The normalized spacial score (nSPS) is 15.3. The Labute approximate surface area is 157 Å². The molecule has 0 saturated carbocycles. The summed E-state index contributed by atoms with van der Waals surface area (Å²) in [7, 11) is 0. The monoisotopic (exact) mass is 357 g/mol. The van der Waals surface area contributed by atoms with Crippen molar-refractivity contribution in [2.75, 3.05) is 0 Å². The first-order chi connectivity index (χ1) is 13.1. The molecule has 27 heavy (non-hydrogen) atoms. The molecule has 1 heterocycles. The highest BCUT2D eigenvalue weighted by Crippen LogP contribution is 2.23. The van der Waals surface area contributed by atoms with E-state index in [2.05, 4.69) is 4.99 Å². The minimum Gasteiger partial charge on any atom is -0.491 e. The van der Waals surface area contributed by atoms with Crippen LogP contribution in [0.4, 0.5) is 0 Å². The fourth-order valence-electron chi connectivity index (χ4n) is 2.93. The molecule has 4 rings (SSSR count). The lowest BCUT2D eigenvalue weighted by atomic mass is 10.1. The maximum Gasteiger partial charge on any atom is 0.363 e. The van der Waals surface area contributed by atoms with Gasteiger partial charge in [0.25, 0.3) is 0 Å². The Bertz CT molecular complexity index is 1060. The highest BCUT2D eigenvalue weighted by Gasteiger charge is 2.24. The number of hydrogen-bond acceptors (Lipinski definition) is 4. The Morgan fingerprint density at radius 2 is 1.70 bits per heavy atom. The number of rotatable bonds is 4. The van der Waals surface area contributed by atoms with Crippen LogP contribution in [0, 0.1) is 0 Å². The van der Waals surface area contributed by atoms with E-state index in [0.717, 1.165) is 27.6 Å². The van der Waals surface area contributed by atoms with Crippen LogP contribution in [-0.2, 0) is 9.53 Å². The van der Waals surface area contributed by atoms with Gasteiger partial charge in [-0.05, 0) is 60.5 Å². The van der Waals surface area contributed by atoms with Gasteiger partial charge >= 0.3 is 5.97 Å². The smallest absolute Gasteiger partial charge is 0.363 e. The molecule has 0 fully saturated rings. The highest BCUT2D eigenvalue weighted by molar-refractivity contribution is 6.13. The van der Waals surface area contributed by atoms with E-state index >= 15 is 0 Å². The van der Waals surface area contributed by atoms with Crippen LogP contribution in [0.15, 0.2) is 77.4 Å². The molecule has 0 amide bonds. The minimum absolute atomic E-state index is 0.119. The molecule has 0 saturated heterocycles. The van der Waals surface area contributed by atoms with Crippen molar-refractivity contribution in [1.82, 2.24) is 0 Å². The Kier molecular flexibility index (Phi) is 4.47. The first kappa shape index (κ1) is 17.0. The number of carbonyl (C=O) groups is 1. The average molecular weight is 357 g/mol. The lowest BCUT2D eigenvalue weighted by Crippen LogP contribution is -2.05. The molecular formula is C23H19NO3. The molecule has 0 atom stereocenters. The van der Waals surface area contributed by atoms with Gasteiger partial charge in [-0.15, -0.1) is 0 Å². The lowest BCUT2D eigenvalue weighted by molar-refractivity contribution is -0.129. The van der Waals surface area contributed by atoms with Crippen molar-refractivity contribution in [3.63, 3.8) is 0 Å². The second-order valence-electron chi connectivity index (χ2n) is 6.63. The maximum atomic E-state index is 12.2. The Morgan fingerprint density at radius 1 is 0.963 bits per heavy atom. The van der Waals surface area contributed by atoms with Crippen LogP contribution >= 0.6 is 0 Å². The largest absolute Gasteiger partial charge is 0.491 e. The number of esters is 1. The lowest BCUT2D eigenvalue weighted by Gasteiger charge is -2.09. The van der Waals surface area contributed by atoms with Gasteiger partial charge in [-0.1, -0.05) is 42.5 Å². The summed E-state index contributed by atoms with van der Waals surface area (Å²) in [6.07, 6.45) is 1.84. The van der Waals surface area contributed by atoms with E-state index in [1.165, 1.54) is 0 Å². The number of nitrogens with zero attached hydrogens (tertiary/aromatic N) is 1. The van der Waals surface area contributed by atoms with Gasteiger partial charge in [-0.25, -0.2) is 9.79 Å². The summed E-state index contributed by atoms with van der Waals surface area (Å²) in [4.78, 5) is 16.6. The summed E-state index contributed by atoms with van der Waals surface area (Å²) in [5, 5.41) is 2.21. The van der Waals surface area contributed by atoms with E-state index in [0.29, 0.717) is 5.90 Å². The van der Waals surface area contributed by atoms with E-state index in [1.54, 1.807) is 6.08 Å². The van der Waals surface area contributed by atoms with Crippen molar-refractivity contribution in [2.24, 2.45) is 4.99 Å². The zero-order chi connectivity index (χ0) is 18.8. The summed E-state index contributed by atoms with van der Waals surface area (Å²) in [5.41, 5.74) is 1.93. The number of aliphatic imine (C=N–C) groups is 1. The molecule has 134 valence electrons. The van der Waals surface area contributed by atoms with E-state index in [9.17, 15) is 4.79 Å². The van der Waals surface area contributed by atoms with E-state index < -0.39 is 5.97 Å². The molecule has 0 unspecified atom stereocenters. The van der Waals surface area contributed by atoms with Gasteiger partial charge in [0.15, 0.2) is 5.70 Å². The predicted molar refractivity (Wildman–Crippen MR) is 107 cm³/mol. The van der Waals surface area contributed by atoms with Crippen molar-refractivity contribution < 1.29 is 14.3 Å². The van der Waals surface area contributed by atoms with Crippen molar-refractivity contribution in [1.29, 1.82) is 0 Å². The van der Waals surface area contributed by atoms with Crippen molar-refractivity contribution in [2.45, 2.75) is 20.0 Å². The molecule has 0 radical (unpaired) electrons. The molecule has 0 N–H and O–H groups in total. The molecule has 3 aromatic rings. The van der Waals surface area contributed by atoms with Crippen molar-refractivity contribution in [3.05, 3.63) is 83.6 Å². The van der Waals surface area contributed by atoms with Gasteiger partial charge in [-0.3, -0.25) is 0 Å². The van der Waals surface area contributed by atoms with Crippen LogP contribution in [0.25, 0.3) is 16.8 Å². The molecule has 0 bridgehead atoms. The quantitative estimate of drug-likeness (QED) is 0.489. The van der Waals surface area contributed by atoms with Gasteiger partial charge in [0.2, 0.25) is 5.90 Å². The van der Waals surface area contributed by atoms with Crippen LogP contribution in [-0.4, -0.2) is 18.0 Å². The first-order valence-electron chi connectivity index (χ1n) is 8.87. The van der Waals surface area contributed by atoms with Crippen molar-refractivity contribution in [3.8, 4) is 5.75 Å². The Morgan fingerprint density at radius 3 is 2.44 bits per heavy atom. The molecule has 0 spiro atoms. The number of cyclic esters (lactones) is 1. The SMILES string of the molecule is CC(C)Oc1ccc(/C=C2\N=C(c3ccc4ccccc4c3)OC2=O)cc1. The number of ether oxygens (including phenoxy) is 2. The third-order valence-corrected chi connectivity index (χ3v) is 4.17. The third-order valence-electron chi connectivity index (χ3n) is 4.17. The molecule has 0 aromatic heterocycles. The number of carbonyl (C=O) groups excluding carboxylic acids is 1. The third kappa shape index (κ3) is 3.75. The molecule has 0 aliphatic carbocycles. The van der Waals surface area contributed by atoms with Gasteiger partial charge in [0.05, 0.1) is 6.10 Å². The topological polar surface area (TPSA) is 47.9 Å². The first-order valence-corrected chi connectivity index (χ1v) is 8.87. The molecule has 4 nitrogen and oxygen atoms in total. The van der Waals surface area contributed by atoms with Crippen LogP contribution in [0.3, 0.4) is 0 Å². The number of fused-ring (bicyclic) bond motifs is 1. The summed E-state index contributed by atoms with van der Waals surface area (Å²) in [5.74, 6) is 0.680. The zero-order valence-electron chi connectivity index (χ0n) is 15.2. The summed E-state index contributed by atoms with van der Waals surface area (Å²) < 4.78 is 11.0. The molecular weight excluding hydrogens is 338 g/mol. The molecule has 4 heteroatoms. The molecule has 1 aliphatic heterocycles. The minimum atomic E-state index is -0.444. The van der Waals surface area contributed by atoms with Crippen molar-refractivity contribution >= 4 is 28.7 Å². The standard InChI is InChI=1S/C23H19NO3/c1-15(2)26-20-11-7-16(8-12-20)13-21-23(25)27-22(24-21)19-10-9-17-5-3-4-6-18(17)14-19/h3-15H,1-2H3/b21-13-.